The highest BCUT2D eigenvalue weighted by molar-refractivity contribution is 5.45. The van der Waals surface area contributed by atoms with E-state index >= 15 is 0 Å². The number of hydrogen-bond donors (Lipinski definition) is 2. The van der Waals surface area contributed by atoms with E-state index in [9.17, 15) is 5.11 Å². The molecule has 0 aliphatic rings. The number of hydrogen-bond acceptors (Lipinski definition) is 2. The lowest BCUT2D eigenvalue weighted by atomic mass is 9.89. The van der Waals surface area contributed by atoms with Crippen molar-refractivity contribution in [2.75, 3.05) is 0 Å². The molecule has 84 valence electrons. The van der Waals surface area contributed by atoms with E-state index in [1.807, 2.05) is 20.8 Å². The van der Waals surface area contributed by atoms with Crippen molar-refractivity contribution in [2.24, 2.45) is 5.73 Å². The topological polar surface area (TPSA) is 46.2 Å². The fourth-order valence-corrected chi connectivity index (χ4v) is 1.95. The van der Waals surface area contributed by atoms with Gasteiger partial charge in [0.2, 0.25) is 0 Å². The maximum absolute atomic E-state index is 10.1. The van der Waals surface area contributed by atoms with Crippen LogP contribution in [0.25, 0.3) is 0 Å². The second-order valence-corrected chi connectivity index (χ2v) is 4.48. The largest absolute Gasteiger partial charge is 0.387 e. The first kappa shape index (κ1) is 12.2. The molecule has 2 heteroatoms. The van der Waals surface area contributed by atoms with Crippen LogP contribution in [-0.2, 0) is 0 Å². The first-order valence-electron chi connectivity index (χ1n) is 5.37. The Bertz CT molecular complexity index is 343. The maximum Gasteiger partial charge on any atom is 0.0943 e. The minimum absolute atomic E-state index is 0.233. The molecule has 0 amide bonds. The van der Waals surface area contributed by atoms with E-state index in [0.29, 0.717) is 0 Å². The minimum atomic E-state index is -0.566. The molecule has 0 radical (unpaired) electrons. The fraction of sp³-hybridized carbons (Fsp3) is 0.538. The van der Waals surface area contributed by atoms with Gasteiger partial charge in [-0.1, -0.05) is 6.07 Å². The zero-order valence-electron chi connectivity index (χ0n) is 10.3. The normalized spacial score (nSPS) is 15.1. The Hall–Kier alpha value is -0.860. The van der Waals surface area contributed by atoms with Crippen LogP contribution in [0.15, 0.2) is 6.07 Å². The number of benzene rings is 1. The van der Waals surface area contributed by atoms with Gasteiger partial charge in [-0.25, -0.2) is 0 Å². The third-order valence-electron chi connectivity index (χ3n) is 3.22. The van der Waals surface area contributed by atoms with E-state index < -0.39 is 6.10 Å². The molecule has 2 unspecified atom stereocenters. The number of aliphatic hydroxyl groups excluding tert-OH is 1. The lowest BCUT2D eigenvalue weighted by Gasteiger charge is -2.22. The molecule has 0 spiro atoms. The summed E-state index contributed by atoms with van der Waals surface area (Å²) < 4.78 is 0. The third-order valence-corrected chi connectivity index (χ3v) is 3.22. The summed E-state index contributed by atoms with van der Waals surface area (Å²) >= 11 is 0. The summed E-state index contributed by atoms with van der Waals surface area (Å²) in [5, 5.41) is 10.1. The summed E-state index contributed by atoms with van der Waals surface area (Å²) in [4.78, 5) is 0. The van der Waals surface area contributed by atoms with E-state index in [1.54, 1.807) is 0 Å². The Morgan fingerprint density at radius 1 is 1.07 bits per heavy atom. The van der Waals surface area contributed by atoms with Gasteiger partial charge < -0.3 is 10.8 Å². The molecule has 15 heavy (non-hydrogen) atoms. The van der Waals surface area contributed by atoms with Crippen molar-refractivity contribution in [1.29, 1.82) is 0 Å². The number of rotatable bonds is 2. The van der Waals surface area contributed by atoms with Gasteiger partial charge in [-0.05, 0) is 62.4 Å². The van der Waals surface area contributed by atoms with Crippen LogP contribution in [0.1, 0.15) is 40.8 Å². The molecule has 0 aliphatic carbocycles. The van der Waals surface area contributed by atoms with Gasteiger partial charge in [-0.2, -0.15) is 0 Å². The van der Waals surface area contributed by atoms with E-state index in [4.69, 9.17) is 5.73 Å². The Morgan fingerprint density at radius 2 is 1.47 bits per heavy atom. The van der Waals surface area contributed by atoms with E-state index in [-0.39, 0.29) is 6.04 Å². The van der Waals surface area contributed by atoms with Gasteiger partial charge in [0.15, 0.2) is 0 Å². The third kappa shape index (κ3) is 2.21. The van der Waals surface area contributed by atoms with Crippen LogP contribution in [-0.4, -0.2) is 11.1 Å². The molecule has 3 N–H and O–H groups in total. The molecule has 1 aromatic rings. The maximum atomic E-state index is 10.1. The van der Waals surface area contributed by atoms with Crippen LogP contribution in [0.3, 0.4) is 0 Å². The van der Waals surface area contributed by atoms with Crippen molar-refractivity contribution in [3.8, 4) is 0 Å². The van der Waals surface area contributed by atoms with Crippen LogP contribution >= 0.6 is 0 Å². The van der Waals surface area contributed by atoms with E-state index in [0.717, 1.165) is 16.7 Å². The molecule has 0 fully saturated rings. The van der Waals surface area contributed by atoms with Gasteiger partial charge in [0.05, 0.1) is 6.10 Å². The summed E-state index contributed by atoms with van der Waals surface area (Å²) in [5.74, 6) is 0. The molecular formula is C13H21NO. The molecule has 1 aromatic carbocycles. The standard InChI is InChI=1S/C13H21NO/c1-7-6-8(2)10(4)12(9(7)3)13(15)11(5)14/h6,11,13,15H,14H2,1-5H3. The van der Waals surface area contributed by atoms with Crippen molar-refractivity contribution in [2.45, 2.75) is 46.8 Å². The second-order valence-electron chi connectivity index (χ2n) is 4.48. The summed E-state index contributed by atoms with van der Waals surface area (Å²) in [5.41, 5.74) is 11.5. The molecule has 0 aliphatic heterocycles. The van der Waals surface area contributed by atoms with Crippen LogP contribution in [0, 0.1) is 27.7 Å². The zero-order chi connectivity index (χ0) is 11.7. The van der Waals surface area contributed by atoms with Gasteiger partial charge in [0.1, 0.15) is 0 Å². The molecule has 0 bridgehead atoms. The average molecular weight is 207 g/mol. The molecular weight excluding hydrogens is 186 g/mol. The fourth-order valence-electron chi connectivity index (χ4n) is 1.95. The number of aryl methyl sites for hydroxylation is 2. The van der Waals surface area contributed by atoms with Gasteiger partial charge in [0, 0.05) is 6.04 Å². The Labute approximate surface area is 92.1 Å². The van der Waals surface area contributed by atoms with Crippen LogP contribution < -0.4 is 5.73 Å². The number of aliphatic hydroxyl groups is 1. The average Bonchev–Trinajstić information content (AvgIpc) is 2.15. The zero-order valence-corrected chi connectivity index (χ0v) is 10.3. The van der Waals surface area contributed by atoms with Crippen LogP contribution in [0.5, 0.6) is 0 Å². The smallest absolute Gasteiger partial charge is 0.0943 e. The first-order valence-corrected chi connectivity index (χ1v) is 5.37. The first-order chi connectivity index (χ1) is 6.86. The summed E-state index contributed by atoms with van der Waals surface area (Å²) in [6, 6.07) is 1.92. The molecule has 0 aromatic heterocycles. The van der Waals surface area contributed by atoms with Crippen molar-refractivity contribution in [3.63, 3.8) is 0 Å². The summed E-state index contributed by atoms with van der Waals surface area (Å²) in [6.07, 6.45) is -0.566. The quantitative estimate of drug-likeness (QED) is 0.781. The van der Waals surface area contributed by atoms with Gasteiger partial charge in [0.25, 0.3) is 0 Å². The Balaban J connectivity index is 3.39. The van der Waals surface area contributed by atoms with E-state index in [2.05, 4.69) is 19.9 Å². The molecule has 0 heterocycles. The van der Waals surface area contributed by atoms with Crippen molar-refractivity contribution < 1.29 is 5.11 Å². The summed E-state index contributed by atoms with van der Waals surface area (Å²) in [7, 11) is 0. The molecule has 2 nitrogen and oxygen atoms in total. The highest BCUT2D eigenvalue weighted by Gasteiger charge is 2.19. The molecule has 1 rings (SSSR count). The lowest BCUT2D eigenvalue weighted by Crippen LogP contribution is -2.26. The monoisotopic (exact) mass is 207 g/mol. The minimum Gasteiger partial charge on any atom is -0.387 e. The van der Waals surface area contributed by atoms with Crippen molar-refractivity contribution >= 4 is 0 Å². The van der Waals surface area contributed by atoms with Crippen LogP contribution in [0.2, 0.25) is 0 Å². The predicted octanol–water partition coefficient (Wildman–Crippen LogP) is 2.30. The molecule has 2 atom stereocenters. The lowest BCUT2D eigenvalue weighted by molar-refractivity contribution is 0.152. The molecule has 0 saturated carbocycles. The second kappa shape index (κ2) is 4.33. The summed E-state index contributed by atoms with van der Waals surface area (Å²) in [6.45, 7) is 10.1. The van der Waals surface area contributed by atoms with Crippen molar-refractivity contribution in [3.05, 3.63) is 33.9 Å². The van der Waals surface area contributed by atoms with E-state index in [1.165, 1.54) is 11.1 Å². The van der Waals surface area contributed by atoms with Gasteiger partial charge in [-0.3, -0.25) is 0 Å². The predicted molar refractivity (Wildman–Crippen MR) is 64.0 cm³/mol. The highest BCUT2D eigenvalue weighted by atomic mass is 16.3. The Morgan fingerprint density at radius 3 is 1.80 bits per heavy atom. The van der Waals surface area contributed by atoms with Crippen molar-refractivity contribution in [1.82, 2.24) is 0 Å². The SMILES string of the molecule is Cc1cc(C)c(C)c(C(O)C(C)N)c1C. The Kier molecular flexibility index (Phi) is 3.53. The molecule has 0 saturated heterocycles. The van der Waals surface area contributed by atoms with Gasteiger partial charge in [-0.15, -0.1) is 0 Å². The number of nitrogens with two attached hydrogens (primary N) is 1. The van der Waals surface area contributed by atoms with Gasteiger partial charge >= 0.3 is 0 Å². The van der Waals surface area contributed by atoms with Crippen LogP contribution in [0.4, 0.5) is 0 Å². The highest BCUT2D eigenvalue weighted by Crippen LogP contribution is 2.28.